The molecule has 3 atom stereocenters. The van der Waals surface area contributed by atoms with Crippen LogP contribution in [0.3, 0.4) is 0 Å². The Labute approximate surface area is 88.4 Å². The standard InChI is InChI=1S/C12H25NO/c1-5-7-8-12(6-2)9-13-10(3)11(4)14-12/h10-11,13H,5-9H2,1-4H3. The van der Waals surface area contributed by atoms with Crippen LogP contribution in [0.2, 0.25) is 0 Å². The van der Waals surface area contributed by atoms with Gasteiger partial charge in [0.15, 0.2) is 0 Å². The van der Waals surface area contributed by atoms with Gasteiger partial charge in [0, 0.05) is 12.6 Å². The lowest BCUT2D eigenvalue weighted by molar-refractivity contribution is -0.132. The second kappa shape index (κ2) is 5.13. The molecular weight excluding hydrogens is 174 g/mol. The van der Waals surface area contributed by atoms with Crippen molar-refractivity contribution in [3.8, 4) is 0 Å². The zero-order valence-electron chi connectivity index (χ0n) is 10.1. The van der Waals surface area contributed by atoms with E-state index in [0.29, 0.717) is 12.1 Å². The van der Waals surface area contributed by atoms with Crippen molar-refractivity contribution in [2.45, 2.75) is 71.1 Å². The van der Waals surface area contributed by atoms with Crippen LogP contribution >= 0.6 is 0 Å². The normalized spacial score (nSPS) is 38.6. The van der Waals surface area contributed by atoms with Crippen molar-refractivity contribution >= 4 is 0 Å². The Kier molecular flexibility index (Phi) is 4.39. The van der Waals surface area contributed by atoms with Gasteiger partial charge in [-0.05, 0) is 26.7 Å². The van der Waals surface area contributed by atoms with Crippen LogP contribution in [0.5, 0.6) is 0 Å². The van der Waals surface area contributed by atoms with E-state index in [1.54, 1.807) is 0 Å². The lowest BCUT2D eigenvalue weighted by Crippen LogP contribution is -2.57. The quantitative estimate of drug-likeness (QED) is 0.751. The summed E-state index contributed by atoms with van der Waals surface area (Å²) < 4.78 is 6.17. The van der Waals surface area contributed by atoms with Gasteiger partial charge < -0.3 is 10.1 Å². The van der Waals surface area contributed by atoms with Crippen LogP contribution in [0.4, 0.5) is 0 Å². The van der Waals surface area contributed by atoms with E-state index in [9.17, 15) is 0 Å². The molecule has 1 saturated heterocycles. The van der Waals surface area contributed by atoms with Gasteiger partial charge in [-0.2, -0.15) is 0 Å². The van der Waals surface area contributed by atoms with Gasteiger partial charge in [-0.15, -0.1) is 0 Å². The van der Waals surface area contributed by atoms with Gasteiger partial charge in [-0.25, -0.2) is 0 Å². The van der Waals surface area contributed by atoms with Gasteiger partial charge in [0.2, 0.25) is 0 Å². The van der Waals surface area contributed by atoms with Crippen molar-refractivity contribution in [2.24, 2.45) is 0 Å². The van der Waals surface area contributed by atoms with Gasteiger partial charge in [0.1, 0.15) is 0 Å². The Hall–Kier alpha value is -0.0800. The highest BCUT2D eigenvalue weighted by Crippen LogP contribution is 2.28. The topological polar surface area (TPSA) is 21.3 Å². The summed E-state index contributed by atoms with van der Waals surface area (Å²) in [6.07, 6.45) is 5.20. The largest absolute Gasteiger partial charge is 0.369 e. The molecule has 0 amide bonds. The number of ether oxygens (including phenoxy) is 1. The van der Waals surface area contributed by atoms with E-state index in [2.05, 4.69) is 33.0 Å². The maximum Gasteiger partial charge on any atom is 0.0808 e. The highest BCUT2D eigenvalue weighted by molar-refractivity contribution is 4.90. The second-order valence-electron chi connectivity index (χ2n) is 4.63. The zero-order chi connectivity index (χ0) is 10.6. The first-order chi connectivity index (χ1) is 6.63. The van der Waals surface area contributed by atoms with Gasteiger partial charge >= 0.3 is 0 Å². The summed E-state index contributed by atoms with van der Waals surface area (Å²) in [5.74, 6) is 0. The zero-order valence-corrected chi connectivity index (χ0v) is 10.1. The van der Waals surface area contributed by atoms with Gasteiger partial charge in [0.25, 0.3) is 0 Å². The van der Waals surface area contributed by atoms with Crippen LogP contribution < -0.4 is 5.32 Å². The number of morpholine rings is 1. The van der Waals surface area contributed by atoms with Crippen LogP contribution in [0.1, 0.15) is 53.4 Å². The summed E-state index contributed by atoms with van der Waals surface area (Å²) in [6.45, 7) is 9.87. The van der Waals surface area contributed by atoms with Gasteiger partial charge in [0.05, 0.1) is 11.7 Å². The van der Waals surface area contributed by atoms with Crippen molar-refractivity contribution in [3.05, 3.63) is 0 Å². The fourth-order valence-corrected chi connectivity index (χ4v) is 2.08. The molecule has 2 heteroatoms. The first-order valence-corrected chi connectivity index (χ1v) is 6.04. The SMILES string of the molecule is CCCCC1(CC)CNC(C)C(C)O1. The highest BCUT2D eigenvalue weighted by Gasteiger charge is 2.36. The average Bonchev–Trinajstić information content (AvgIpc) is 2.20. The predicted molar refractivity (Wildman–Crippen MR) is 60.6 cm³/mol. The Morgan fingerprint density at radius 3 is 2.57 bits per heavy atom. The van der Waals surface area contributed by atoms with E-state index in [-0.39, 0.29) is 5.60 Å². The summed E-state index contributed by atoms with van der Waals surface area (Å²) in [6, 6.07) is 0.497. The Bertz CT molecular complexity index is 168. The molecule has 0 saturated carbocycles. The van der Waals surface area contributed by atoms with Crippen molar-refractivity contribution in [3.63, 3.8) is 0 Å². The molecule has 0 bridgehead atoms. The van der Waals surface area contributed by atoms with Crippen LogP contribution in [0.25, 0.3) is 0 Å². The van der Waals surface area contributed by atoms with E-state index < -0.39 is 0 Å². The molecule has 1 heterocycles. The predicted octanol–water partition coefficient (Wildman–Crippen LogP) is 2.72. The molecule has 14 heavy (non-hydrogen) atoms. The second-order valence-corrected chi connectivity index (χ2v) is 4.63. The average molecular weight is 199 g/mol. The van der Waals surface area contributed by atoms with Gasteiger partial charge in [-0.1, -0.05) is 26.7 Å². The van der Waals surface area contributed by atoms with Gasteiger partial charge in [-0.3, -0.25) is 0 Å². The number of hydrogen-bond acceptors (Lipinski definition) is 2. The molecule has 0 aromatic carbocycles. The van der Waals surface area contributed by atoms with Crippen LogP contribution in [0, 0.1) is 0 Å². The molecule has 0 spiro atoms. The molecule has 1 N–H and O–H groups in total. The maximum absolute atomic E-state index is 6.17. The minimum Gasteiger partial charge on any atom is -0.369 e. The minimum absolute atomic E-state index is 0.113. The van der Waals surface area contributed by atoms with Crippen LogP contribution in [-0.4, -0.2) is 24.3 Å². The summed E-state index contributed by atoms with van der Waals surface area (Å²) >= 11 is 0. The summed E-state index contributed by atoms with van der Waals surface area (Å²) in [7, 11) is 0. The monoisotopic (exact) mass is 199 g/mol. The molecule has 1 aliphatic heterocycles. The highest BCUT2D eigenvalue weighted by atomic mass is 16.5. The lowest BCUT2D eigenvalue weighted by atomic mass is 9.90. The number of rotatable bonds is 4. The number of nitrogens with one attached hydrogen (secondary N) is 1. The van der Waals surface area contributed by atoms with Crippen molar-refractivity contribution in [1.82, 2.24) is 5.32 Å². The number of hydrogen-bond donors (Lipinski definition) is 1. The Balaban J connectivity index is 2.52. The van der Waals surface area contributed by atoms with Crippen LogP contribution in [-0.2, 0) is 4.74 Å². The number of unbranched alkanes of at least 4 members (excludes halogenated alkanes) is 1. The summed E-state index contributed by atoms with van der Waals surface area (Å²) in [4.78, 5) is 0. The van der Waals surface area contributed by atoms with E-state index in [4.69, 9.17) is 4.74 Å². The molecule has 1 rings (SSSR count). The first-order valence-electron chi connectivity index (χ1n) is 6.04. The molecule has 0 aromatic rings. The smallest absolute Gasteiger partial charge is 0.0808 e. The lowest BCUT2D eigenvalue weighted by Gasteiger charge is -2.43. The third-order valence-electron chi connectivity index (χ3n) is 3.52. The fourth-order valence-electron chi connectivity index (χ4n) is 2.08. The summed E-state index contributed by atoms with van der Waals surface area (Å²) in [5.41, 5.74) is 0.113. The van der Waals surface area contributed by atoms with E-state index in [1.165, 1.54) is 19.3 Å². The molecule has 3 unspecified atom stereocenters. The minimum atomic E-state index is 0.113. The maximum atomic E-state index is 6.17. The molecular formula is C12H25NO. The summed E-state index contributed by atoms with van der Waals surface area (Å²) in [5, 5.41) is 3.56. The first kappa shape index (κ1) is 12.0. The molecule has 0 aromatic heterocycles. The van der Waals surface area contributed by atoms with Crippen molar-refractivity contribution in [2.75, 3.05) is 6.54 Å². The van der Waals surface area contributed by atoms with Crippen molar-refractivity contribution in [1.29, 1.82) is 0 Å². The molecule has 84 valence electrons. The molecule has 1 aliphatic rings. The van der Waals surface area contributed by atoms with E-state index >= 15 is 0 Å². The third kappa shape index (κ3) is 2.71. The fraction of sp³-hybridized carbons (Fsp3) is 1.00. The Morgan fingerprint density at radius 2 is 2.07 bits per heavy atom. The van der Waals surface area contributed by atoms with E-state index in [0.717, 1.165) is 13.0 Å². The molecule has 0 aliphatic carbocycles. The molecule has 2 nitrogen and oxygen atoms in total. The molecule has 1 fully saturated rings. The third-order valence-corrected chi connectivity index (χ3v) is 3.52. The van der Waals surface area contributed by atoms with Crippen molar-refractivity contribution < 1.29 is 4.74 Å². The van der Waals surface area contributed by atoms with E-state index in [1.807, 2.05) is 0 Å². The molecule has 0 radical (unpaired) electrons. The van der Waals surface area contributed by atoms with Crippen LogP contribution in [0.15, 0.2) is 0 Å². The Morgan fingerprint density at radius 1 is 1.36 bits per heavy atom.